The Kier molecular flexibility index (Phi) is 2.26. The molecule has 4 nitrogen and oxygen atoms in total. The third kappa shape index (κ3) is 1.74. The molecule has 0 saturated heterocycles. The molecule has 0 spiro atoms. The molecule has 0 unspecified atom stereocenters. The summed E-state index contributed by atoms with van der Waals surface area (Å²) in [6.45, 7) is 1.65. The van der Waals surface area contributed by atoms with Crippen molar-refractivity contribution in [2.75, 3.05) is 6.61 Å². The summed E-state index contributed by atoms with van der Waals surface area (Å²) in [5, 5.41) is 8.33. The van der Waals surface area contributed by atoms with Gasteiger partial charge >= 0.3 is 0 Å². The van der Waals surface area contributed by atoms with E-state index in [2.05, 4.69) is 9.97 Å². The smallest absolute Gasteiger partial charge is 0.174 e. The molecule has 76 valence electrons. The molecule has 5 heteroatoms. The quantitative estimate of drug-likeness (QED) is 0.814. The second-order valence-corrected chi connectivity index (χ2v) is 3.07. The minimum absolute atomic E-state index is 0.0991. The van der Waals surface area contributed by atoms with Crippen LogP contribution in [-0.2, 0) is 0 Å². The van der Waals surface area contributed by atoms with Crippen molar-refractivity contribution in [2.24, 2.45) is 0 Å². The van der Waals surface area contributed by atoms with Crippen LogP contribution in [0.4, 0.5) is 4.39 Å². The highest BCUT2D eigenvalue weighted by atomic mass is 19.1. The Morgan fingerprint density at radius 3 is 3.13 bits per heavy atom. The number of H-pyrrole nitrogens is 1. The number of halogens is 1. The van der Waals surface area contributed by atoms with Crippen molar-refractivity contribution in [3.05, 3.63) is 23.8 Å². The van der Waals surface area contributed by atoms with Gasteiger partial charge in [0, 0.05) is 12.1 Å². The van der Waals surface area contributed by atoms with E-state index in [1.807, 2.05) is 6.07 Å². The maximum Gasteiger partial charge on any atom is 0.174 e. The highest BCUT2D eigenvalue weighted by Crippen LogP contribution is 2.22. The van der Waals surface area contributed by atoms with Crippen molar-refractivity contribution in [3.63, 3.8) is 0 Å². The number of benzene rings is 1. The topological polar surface area (TPSA) is 61.7 Å². The minimum Gasteiger partial charge on any atom is -0.479 e. The molecule has 0 fully saturated rings. The lowest BCUT2D eigenvalue weighted by molar-refractivity contribution is 0.366. The van der Waals surface area contributed by atoms with Crippen LogP contribution in [0.3, 0.4) is 0 Å². The first-order chi connectivity index (χ1) is 7.20. The van der Waals surface area contributed by atoms with Gasteiger partial charge in [0.05, 0.1) is 5.52 Å². The summed E-state index contributed by atoms with van der Waals surface area (Å²) >= 11 is 0. The van der Waals surface area contributed by atoms with E-state index in [1.165, 1.54) is 6.07 Å². The van der Waals surface area contributed by atoms with Crippen LogP contribution in [0.15, 0.2) is 12.1 Å². The Morgan fingerprint density at radius 2 is 2.40 bits per heavy atom. The number of nitrogens with zero attached hydrogens (tertiary/aromatic N) is 2. The Labute approximate surface area is 85.3 Å². The molecule has 0 aliphatic carbocycles. The monoisotopic (exact) mass is 205 g/mol. The Morgan fingerprint density at radius 1 is 1.60 bits per heavy atom. The van der Waals surface area contributed by atoms with Crippen molar-refractivity contribution < 1.29 is 9.13 Å². The first-order valence-electron chi connectivity index (χ1n) is 4.36. The van der Waals surface area contributed by atoms with Gasteiger partial charge in [-0.2, -0.15) is 5.26 Å². The van der Waals surface area contributed by atoms with Gasteiger partial charge in [0.25, 0.3) is 0 Å². The third-order valence-electron chi connectivity index (χ3n) is 1.94. The molecule has 0 amide bonds. The molecule has 1 aromatic carbocycles. The van der Waals surface area contributed by atoms with E-state index < -0.39 is 5.82 Å². The average molecular weight is 205 g/mol. The molecular weight excluding hydrogens is 197 g/mol. The van der Waals surface area contributed by atoms with Gasteiger partial charge in [-0.3, -0.25) is 0 Å². The summed E-state index contributed by atoms with van der Waals surface area (Å²) in [4.78, 5) is 6.89. The number of fused-ring (bicyclic) bond motifs is 1. The van der Waals surface area contributed by atoms with Crippen LogP contribution < -0.4 is 4.74 Å². The fourth-order valence-corrected chi connectivity index (χ4v) is 1.37. The van der Waals surface area contributed by atoms with Crippen molar-refractivity contribution in [3.8, 4) is 11.8 Å². The van der Waals surface area contributed by atoms with E-state index in [4.69, 9.17) is 10.00 Å². The van der Waals surface area contributed by atoms with E-state index in [-0.39, 0.29) is 12.1 Å². The summed E-state index contributed by atoms with van der Waals surface area (Å²) in [6, 6.07) is 4.66. The normalized spacial score (nSPS) is 10.2. The molecule has 15 heavy (non-hydrogen) atoms. The Hall–Kier alpha value is -2.09. The zero-order valence-corrected chi connectivity index (χ0v) is 8.04. The lowest BCUT2D eigenvalue weighted by Crippen LogP contribution is -1.94. The highest BCUT2D eigenvalue weighted by molar-refractivity contribution is 5.77. The predicted octanol–water partition coefficient (Wildman–Crippen LogP) is 1.91. The van der Waals surface area contributed by atoms with Gasteiger partial charge in [0.1, 0.15) is 23.2 Å². The van der Waals surface area contributed by atoms with Gasteiger partial charge in [0.2, 0.25) is 0 Å². The molecule has 0 radical (unpaired) electrons. The van der Waals surface area contributed by atoms with Crippen molar-refractivity contribution in [1.82, 2.24) is 9.97 Å². The predicted molar refractivity (Wildman–Crippen MR) is 51.9 cm³/mol. The molecule has 1 heterocycles. The maximum absolute atomic E-state index is 13.4. The van der Waals surface area contributed by atoms with Crippen LogP contribution in [0, 0.1) is 24.1 Å². The highest BCUT2D eigenvalue weighted by Gasteiger charge is 2.08. The number of ether oxygens (including phenoxy) is 1. The van der Waals surface area contributed by atoms with Gasteiger partial charge in [-0.15, -0.1) is 0 Å². The van der Waals surface area contributed by atoms with Gasteiger partial charge in [-0.05, 0) is 6.92 Å². The first kappa shape index (κ1) is 9.46. The lowest BCUT2D eigenvalue weighted by atomic mass is 10.3. The average Bonchev–Trinajstić information content (AvgIpc) is 2.56. The zero-order valence-electron chi connectivity index (χ0n) is 8.04. The number of imidazole rings is 1. The molecule has 0 aliphatic heterocycles. The summed E-state index contributed by atoms with van der Waals surface area (Å²) < 4.78 is 18.4. The van der Waals surface area contributed by atoms with Crippen LogP contribution in [0.25, 0.3) is 11.0 Å². The molecule has 0 aliphatic rings. The van der Waals surface area contributed by atoms with E-state index in [0.717, 1.165) is 0 Å². The second-order valence-electron chi connectivity index (χ2n) is 3.07. The third-order valence-corrected chi connectivity index (χ3v) is 1.94. The van der Waals surface area contributed by atoms with Crippen molar-refractivity contribution in [1.29, 1.82) is 5.26 Å². The number of hydrogen-bond acceptors (Lipinski definition) is 3. The number of aromatic amines is 1. The van der Waals surface area contributed by atoms with E-state index >= 15 is 0 Å². The molecule has 1 aromatic heterocycles. The molecule has 0 atom stereocenters. The summed E-state index contributed by atoms with van der Waals surface area (Å²) in [5.41, 5.74) is 0.859. The van der Waals surface area contributed by atoms with Gasteiger partial charge in [-0.1, -0.05) is 0 Å². The molecule has 1 N–H and O–H groups in total. The molecule has 2 rings (SSSR count). The molecule has 0 bridgehead atoms. The number of hydrogen-bond donors (Lipinski definition) is 1. The van der Waals surface area contributed by atoms with Gasteiger partial charge < -0.3 is 9.72 Å². The van der Waals surface area contributed by atoms with Gasteiger partial charge in [0.15, 0.2) is 12.4 Å². The van der Waals surface area contributed by atoms with Gasteiger partial charge in [-0.25, -0.2) is 9.37 Å². The first-order valence-corrected chi connectivity index (χ1v) is 4.36. The van der Waals surface area contributed by atoms with Crippen LogP contribution in [0.1, 0.15) is 5.82 Å². The van der Waals surface area contributed by atoms with Crippen LogP contribution in [0.2, 0.25) is 0 Å². The Balaban J connectivity index is 2.48. The zero-order chi connectivity index (χ0) is 10.8. The van der Waals surface area contributed by atoms with E-state index in [1.54, 1.807) is 13.0 Å². The number of nitrogens with one attached hydrogen (secondary N) is 1. The minimum atomic E-state index is -0.454. The molecular formula is C10H8FN3O. The fourth-order valence-electron chi connectivity index (χ4n) is 1.37. The largest absolute Gasteiger partial charge is 0.479 e. The summed E-state index contributed by atoms with van der Waals surface area (Å²) in [6.07, 6.45) is 0. The number of aromatic nitrogens is 2. The molecule has 2 aromatic rings. The van der Waals surface area contributed by atoms with Crippen molar-refractivity contribution in [2.45, 2.75) is 6.92 Å². The number of nitriles is 1. The number of aryl methyl sites for hydroxylation is 1. The SMILES string of the molecule is Cc1nc2c(F)cc(OCC#N)cc2[nH]1. The Bertz CT molecular complexity index is 541. The maximum atomic E-state index is 13.4. The van der Waals surface area contributed by atoms with Crippen LogP contribution in [-0.4, -0.2) is 16.6 Å². The summed E-state index contributed by atoms with van der Waals surface area (Å²) in [5.74, 6) is 0.510. The van der Waals surface area contributed by atoms with Crippen LogP contribution in [0.5, 0.6) is 5.75 Å². The van der Waals surface area contributed by atoms with Crippen molar-refractivity contribution >= 4 is 11.0 Å². The number of rotatable bonds is 2. The standard InChI is InChI=1S/C10H8FN3O/c1-6-13-9-5-7(15-3-2-12)4-8(11)10(9)14-6/h4-5H,3H2,1H3,(H,13,14). The van der Waals surface area contributed by atoms with E-state index in [9.17, 15) is 4.39 Å². The van der Waals surface area contributed by atoms with E-state index in [0.29, 0.717) is 17.1 Å². The summed E-state index contributed by atoms with van der Waals surface area (Å²) in [7, 11) is 0. The molecule has 0 saturated carbocycles. The fraction of sp³-hybridized carbons (Fsp3) is 0.200. The lowest BCUT2D eigenvalue weighted by Gasteiger charge is -2.01. The van der Waals surface area contributed by atoms with Crippen LogP contribution >= 0.6 is 0 Å². The second kappa shape index (κ2) is 3.58.